The minimum absolute atomic E-state index is 0.133. The van der Waals surface area contributed by atoms with E-state index in [-0.39, 0.29) is 11.8 Å². The van der Waals surface area contributed by atoms with Gasteiger partial charge in [0.05, 0.1) is 0 Å². The first-order chi connectivity index (χ1) is 8.88. The molecule has 0 saturated heterocycles. The Bertz CT molecular complexity index is 438. The van der Waals surface area contributed by atoms with Crippen LogP contribution in [0.4, 0.5) is 0 Å². The molecule has 0 bridgehead atoms. The van der Waals surface area contributed by atoms with Crippen LogP contribution in [0.25, 0.3) is 0 Å². The van der Waals surface area contributed by atoms with Crippen LogP contribution < -0.4 is 11.1 Å². The molecular formula is C15H22N2O2. The fourth-order valence-corrected chi connectivity index (χ4v) is 1.81. The highest BCUT2D eigenvalue weighted by molar-refractivity contribution is 5.86. The van der Waals surface area contributed by atoms with Crippen molar-refractivity contribution < 1.29 is 9.59 Å². The molecule has 3 N–H and O–H groups in total. The zero-order valence-corrected chi connectivity index (χ0v) is 11.8. The van der Waals surface area contributed by atoms with E-state index in [0.717, 1.165) is 11.1 Å². The lowest BCUT2D eigenvalue weighted by atomic mass is 10.0. The Labute approximate surface area is 114 Å². The number of benzene rings is 1. The largest absolute Gasteiger partial charge is 0.368 e. The number of nitrogens with one attached hydrogen (secondary N) is 1. The molecule has 0 spiro atoms. The van der Waals surface area contributed by atoms with Crippen molar-refractivity contribution in [3.8, 4) is 0 Å². The molecule has 0 aromatic heterocycles. The van der Waals surface area contributed by atoms with Crippen molar-refractivity contribution in [3.05, 3.63) is 35.4 Å². The predicted molar refractivity (Wildman–Crippen MR) is 75.5 cm³/mol. The Kier molecular flexibility index (Phi) is 5.55. The fourth-order valence-electron chi connectivity index (χ4n) is 1.81. The van der Waals surface area contributed by atoms with E-state index in [2.05, 4.69) is 5.32 Å². The van der Waals surface area contributed by atoms with Gasteiger partial charge in [-0.05, 0) is 18.4 Å². The Balaban J connectivity index is 2.65. The van der Waals surface area contributed by atoms with Gasteiger partial charge in [0, 0.05) is 12.8 Å². The van der Waals surface area contributed by atoms with Crippen molar-refractivity contribution in [1.29, 1.82) is 0 Å². The molecular weight excluding hydrogens is 240 g/mol. The van der Waals surface area contributed by atoms with Gasteiger partial charge in [-0.25, -0.2) is 0 Å². The SMILES string of the molecule is Cc1ccc(C[C@H](NC(=O)CC(C)C)C(N)=O)cc1. The number of rotatable bonds is 6. The van der Waals surface area contributed by atoms with Crippen molar-refractivity contribution >= 4 is 11.8 Å². The number of nitrogens with two attached hydrogens (primary N) is 1. The summed E-state index contributed by atoms with van der Waals surface area (Å²) in [5, 5.41) is 2.70. The second-order valence-electron chi connectivity index (χ2n) is 5.31. The summed E-state index contributed by atoms with van der Waals surface area (Å²) in [5.41, 5.74) is 7.48. The monoisotopic (exact) mass is 262 g/mol. The van der Waals surface area contributed by atoms with Crippen molar-refractivity contribution in [2.45, 2.75) is 39.7 Å². The Morgan fingerprint density at radius 3 is 2.26 bits per heavy atom. The highest BCUT2D eigenvalue weighted by Crippen LogP contribution is 2.07. The fraction of sp³-hybridized carbons (Fsp3) is 0.467. The van der Waals surface area contributed by atoms with Crippen LogP contribution in [-0.4, -0.2) is 17.9 Å². The average molecular weight is 262 g/mol. The third-order valence-electron chi connectivity index (χ3n) is 2.83. The molecule has 1 aromatic carbocycles. The van der Waals surface area contributed by atoms with E-state index in [0.29, 0.717) is 12.8 Å². The second-order valence-corrected chi connectivity index (χ2v) is 5.31. The number of carbonyl (C=O) groups excluding carboxylic acids is 2. The summed E-state index contributed by atoms with van der Waals surface area (Å²) in [4.78, 5) is 23.1. The maximum atomic E-state index is 11.7. The molecule has 1 atom stereocenters. The Morgan fingerprint density at radius 1 is 1.21 bits per heavy atom. The van der Waals surface area contributed by atoms with E-state index in [9.17, 15) is 9.59 Å². The molecule has 0 saturated carbocycles. The van der Waals surface area contributed by atoms with Gasteiger partial charge in [0.1, 0.15) is 6.04 Å². The van der Waals surface area contributed by atoms with Gasteiger partial charge < -0.3 is 11.1 Å². The Hall–Kier alpha value is -1.84. The van der Waals surface area contributed by atoms with Crippen LogP contribution in [0.15, 0.2) is 24.3 Å². The van der Waals surface area contributed by atoms with Gasteiger partial charge in [0.15, 0.2) is 0 Å². The average Bonchev–Trinajstić information content (AvgIpc) is 2.29. The topological polar surface area (TPSA) is 72.2 Å². The lowest BCUT2D eigenvalue weighted by Crippen LogP contribution is -2.46. The van der Waals surface area contributed by atoms with Crippen molar-refractivity contribution in [2.75, 3.05) is 0 Å². The molecule has 0 radical (unpaired) electrons. The first-order valence-corrected chi connectivity index (χ1v) is 6.52. The smallest absolute Gasteiger partial charge is 0.240 e. The van der Waals surface area contributed by atoms with Crippen LogP contribution in [-0.2, 0) is 16.0 Å². The summed E-state index contributed by atoms with van der Waals surface area (Å²) in [5.74, 6) is -0.378. The zero-order valence-electron chi connectivity index (χ0n) is 11.8. The third kappa shape index (κ3) is 5.55. The molecule has 4 nitrogen and oxygen atoms in total. The normalized spacial score (nSPS) is 12.2. The van der Waals surface area contributed by atoms with Gasteiger partial charge in [-0.1, -0.05) is 43.7 Å². The molecule has 0 fully saturated rings. The standard InChI is InChI=1S/C15H22N2O2/c1-10(2)8-14(18)17-13(15(16)19)9-12-6-4-11(3)5-7-12/h4-7,10,13H,8-9H2,1-3H3,(H2,16,19)(H,17,18)/t13-/m0/s1. The molecule has 0 aliphatic heterocycles. The summed E-state index contributed by atoms with van der Waals surface area (Å²) in [6, 6.07) is 7.20. The van der Waals surface area contributed by atoms with Crippen LogP contribution >= 0.6 is 0 Å². The number of aryl methyl sites for hydroxylation is 1. The summed E-state index contributed by atoms with van der Waals surface area (Å²) in [7, 11) is 0. The highest BCUT2D eigenvalue weighted by Gasteiger charge is 2.18. The summed E-state index contributed by atoms with van der Waals surface area (Å²) >= 11 is 0. The van der Waals surface area contributed by atoms with E-state index in [4.69, 9.17) is 5.73 Å². The summed E-state index contributed by atoms with van der Waals surface area (Å²) in [6.07, 6.45) is 0.830. The van der Waals surface area contributed by atoms with E-state index < -0.39 is 11.9 Å². The van der Waals surface area contributed by atoms with Gasteiger partial charge in [0.2, 0.25) is 11.8 Å². The van der Waals surface area contributed by atoms with E-state index in [1.807, 2.05) is 45.0 Å². The van der Waals surface area contributed by atoms with E-state index in [1.54, 1.807) is 0 Å². The quantitative estimate of drug-likeness (QED) is 0.816. The van der Waals surface area contributed by atoms with Crippen LogP contribution in [0.1, 0.15) is 31.4 Å². The van der Waals surface area contributed by atoms with Gasteiger partial charge in [-0.2, -0.15) is 0 Å². The molecule has 4 heteroatoms. The number of carbonyl (C=O) groups is 2. The lowest BCUT2D eigenvalue weighted by Gasteiger charge is -2.16. The van der Waals surface area contributed by atoms with Crippen LogP contribution in [0.3, 0.4) is 0 Å². The minimum Gasteiger partial charge on any atom is -0.368 e. The van der Waals surface area contributed by atoms with Gasteiger partial charge in [-0.3, -0.25) is 9.59 Å². The van der Waals surface area contributed by atoms with Crippen molar-refractivity contribution in [3.63, 3.8) is 0 Å². The molecule has 0 aliphatic carbocycles. The molecule has 1 aromatic rings. The molecule has 19 heavy (non-hydrogen) atoms. The Morgan fingerprint density at radius 2 is 1.79 bits per heavy atom. The van der Waals surface area contributed by atoms with E-state index in [1.165, 1.54) is 0 Å². The zero-order chi connectivity index (χ0) is 14.4. The molecule has 0 heterocycles. The summed E-state index contributed by atoms with van der Waals surface area (Å²) < 4.78 is 0. The lowest BCUT2D eigenvalue weighted by molar-refractivity contribution is -0.127. The number of hydrogen-bond acceptors (Lipinski definition) is 2. The number of amides is 2. The van der Waals surface area contributed by atoms with Crippen LogP contribution in [0.2, 0.25) is 0 Å². The number of hydrogen-bond donors (Lipinski definition) is 2. The highest BCUT2D eigenvalue weighted by atomic mass is 16.2. The maximum Gasteiger partial charge on any atom is 0.240 e. The molecule has 0 unspecified atom stereocenters. The van der Waals surface area contributed by atoms with Gasteiger partial charge in [-0.15, -0.1) is 0 Å². The first kappa shape index (κ1) is 15.2. The van der Waals surface area contributed by atoms with Crippen molar-refractivity contribution in [2.24, 2.45) is 11.7 Å². The third-order valence-corrected chi connectivity index (χ3v) is 2.83. The second kappa shape index (κ2) is 6.92. The predicted octanol–water partition coefficient (Wildman–Crippen LogP) is 1.55. The molecule has 104 valence electrons. The molecule has 1 rings (SSSR count). The number of primary amides is 1. The summed E-state index contributed by atoms with van der Waals surface area (Å²) in [6.45, 7) is 5.91. The molecule has 2 amide bonds. The first-order valence-electron chi connectivity index (χ1n) is 6.52. The van der Waals surface area contributed by atoms with Crippen LogP contribution in [0, 0.1) is 12.8 Å². The van der Waals surface area contributed by atoms with Gasteiger partial charge >= 0.3 is 0 Å². The maximum absolute atomic E-state index is 11.7. The molecule has 0 aliphatic rings. The van der Waals surface area contributed by atoms with Crippen molar-refractivity contribution in [1.82, 2.24) is 5.32 Å². The minimum atomic E-state index is -0.644. The van der Waals surface area contributed by atoms with Crippen LogP contribution in [0.5, 0.6) is 0 Å². The van der Waals surface area contributed by atoms with E-state index >= 15 is 0 Å². The van der Waals surface area contributed by atoms with Gasteiger partial charge in [0.25, 0.3) is 0 Å².